The van der Waals surface area contributed by atoms with Crippen LogP contribution in [-0.4, -0.2) is 10.1 Å². The number of hydrogen-bond donors (Lipinski definition) is 1. The number of rotatable bonds is 3. The quantitative estimate of drug-likeness (QED) is 0.833. The van der Waals surface area contributed by atoms with E-state index in [-0.39, 0.29) is 6.61 Å². The summed E-state index contributed by atoms with van der Waals surface area (Å²) in [6, 6.07) is 8.52. The normalized spacial score (nSPS) is 18.6. The Morgan fingerprint density at radius 1 is 1.33 bits per heavy atom. The first-order valence-electron chi connectivity index (χ1n) is 6.08. The van der Waals surface area contributed by atoms with E-state index >= 15 is 0 Å². The van der Waals surface area contributed by atoms with Gasteiger partial charge in [-0.1, -0.05) is 29.4 Å². The average Bonchev–Trinajstić information content (AvgIpc) is 2.87. The number of nitrogens with two attached hydrogens (primary N) is 1. The first-order valence-corrected chi connectivity index (χ1v) is 6.08. The van der Waals surface area contributed by atoms with E-state index in [1.54, 1.807) is 0 Å². The highest BCUT2D eigenvalue weighted by Gasteiger charge is 2.23. The van der Waals surface area contributed by atoms with Crippen molar-refractivity contribution in [3.63, 3.8) is 0 Å². The SMILES string of the molecule is NOCc1nc(C2CCc3ccccc3C2)no1. The predicted molar refractivity (Wildman–Crippen MR) is 64.5 cm³/mol. The lowest BCUT2D eigenvalue weighted by molar-refractivity contribution is 0.0995. The van der Waals surface area contributed by atoms with Crippen molar-refractivity contribution in [1.29, 1.82) is 0 Å². The van der Waals surface area contributed by atoms with Gasteiger partial charge in [0.2, 0.25) is 0 Å². The van der Waals surface area contributed by atoms with Crippen LogP contribution in [0, 0.1) is 0 Å². The van der Waals surface area contributed by atoms with E-state index in [0.717, 1.165) is 25.1 Å². The summed E-state index contributed by atoms with van der Waals surface area (Å²) in [5.41, 5.74) is 2.82. The first kappa shape index (κ1) is 11.4. The van der Waals surface area contributed by atoms with Gasteiger partial charge >= 0.3 is 0 Å². The molecule has 2 aromatic rings. The molecule has 1 atom stereocenters. The molecule has 0 amide bonds. The highest BCUT2D eigenvalue weighted by molar-refractivity contribution is 5.31. The molecule has 0 aliphatic heterocycles. The highest BCUT2D eigenvalue weighted by atomic mass is 16.6. The van der Waals surface area contributed by atoms with E-state index in [1.165, 1.54) is 11.1 Å². The zero-order chi connectivity index (χ0) is 12.4. The van der Waals surface area contributed by atoms with Crippen LogP contribution in [0.3, 0.4) is 0 Å². The van der Waals surface area contributed by atoms with Gasteiger partial charge in [0.25, 0.3) is 5.89 Å². The van der Waals surface area contributed by atoms with Crippen LogP contribution >= 0.6 is 0 Å². The Balaban J connectivity index is 1.78. The molecule has 1 aromatic carbocycles. The van der Waals surface area contributed by atoms with Crippen molar-refractivity contribution in [3.8, 4) is 0 Å². The fraction of sp³-hybridized carbons (Fsp3) is 0.385. The zero-order valence-corrected chi connectivity index (χ0v) is 10.0. The van der Waals surface area contributed by atoms with E-state index < -0.39 is 0 Å². The Labute approximate surface area is 105 Å². The molecular weight excluding hydrogens is 230 g/mol. The van der Waals surface area contributed by atoms with Crippen molar-refractivity contribution in [2.75, 3.05) is 0 Å². The number of fused-ring (bicyclic) bond motifs is 1. The van der Waals surface area contributed by atoms with Gasteiger partial charge in [0, 0.05) is 5.92 Å². The van der Waals surface area contributed by atoms with Crippen molar-refractivity contribution in [2.24, 2.45) is 5.90 Å². The van der Waals surface area contributed by atoms with Crippen molar-refractivity contribution < 1.29 is 9.36 Å². The molecule has 0 bridgehead atoms. The van der Waals surface area contributed by atoms with Gasteiger partial charge in [0.1, 0.15) is 6.61 Å². The summed E-state index contributed by atoms with van der Waals surface area (Å²) in [6.07, 6.45) is 3.09. The summed E-state index contributed by atoms with van der Waals surface area (Å²) in [7, 11) is 0. The maximum Gasteiger partial charge on any atom is 0.254 e. The Bertz CT molecular complexity index is 539. The first-order chi connectivity index (χ1) is 8.86. The lowest BCUT2D eigenvalue weighted by atomic mass is 9.83. The lowest BCUT2D eigenvalue weighted by Crippen LogP contribution is -2.13. The standard InChI is InChI=1S/C13H15N3O2/c14-17-8-12-15-13(16-18-12)11-6-5-9-3-1-2-4-10(9)7-11/h1-4,11H,5-8,14H2. The summed E-state index contributed by atoms with van der Waals surface area (Å²) < 4.78 is 5.08. The molecule has 1 aliphatic carbocycles. The fourth-order valence-electron chi connectivity index (χ4n) is 2.48. The highest BCUT2D eigenvalue weighted by Crippen LogP contribution is 2.31. The van der Waals surface area contributed by atoms with Gasteiger partial charge in [0.05, 0.1) is 0 Å². The van der Waals surface area contributed by atoms with E-state index in [1.807, 2.05) is 0 Å². The fourth-order valence-corrected chi connectivity index (χ4v) is 2.48. The summed E-state index contributed by atoms with van der Waals surface area (Å²) in [4.78, 5) is 8.80. The zero-order valence-electron chi connectivity index (χ0n) is 10.0. The van der Waals surface area contributed by atoms with Gasteiger partial charge < -0.3 is 4.52 Å². The molecule has 0 saturated carbocycles. The van der Waals surface area contributed by atoms with Crippen LogP contribution in [0.2, 0.25) is 0 Å². The molecule has 94 valence electrons. The second-order valence-electron chi connectivity index (χ2n) is 4.57. The Hall–Kier alpha value is -1.72. The van der Waals surface area contributed by atoms with Gasteiger partial charge in [-0.3, -0.25) is 4.84 Å². The number of hydrogen-bond acceptors (Lipinski definition) is 5. The monoisotopic (exact) mass is 245 g/mol. The Morgan fingerprint density at radius 2 is 2.17 bits per heavy atom. The number of aryl methyl sites for hydroxylation is 1. The minimum atomic E-state index is 0.163. The molecule has 0 spiro atoms. The molecule has 1 aliphatic rings. The molecule has 18 heavy (non-hydrogen) atoms. The van der Waals surface area contributed by atoms with Gasteiger partial charge in [0.15, 0.2) is 5.82 Å². The molecule has 0 fully saturated rings. The molecule has 1 unspecified atom stereocenters. The van der Waals surface area contributed by atoms with E-state index in [4.69, 9.17) is 10.4 Å². The molecule has 0 radical (unpaired) electrons. The van der Waals surface area contributed by atoms with Crippen LogP contribution in [0.1, 0.15) is 35.2 Å². The number of benzene rings is 1. The molecule has 2 N–H and O–H groups in total. The van der Waals surface area contributed by atoms with Gasteiger partial charge in [-0.2, -0.15) is 4.98 Å². The molecule has 0 saturated heterocycles. The predicted octanol–water partition coefficient (Wildman–Crippen LogP) is 1.73. The molecule has 1 aromatic heterocycles. The van der Waals surface area contributed by atoms with Crippen LogP contribution < -0.4 is 5.90 Å². The van der Waals surface area contributed by atoms with Gasteiger partial charge in [-0.25, -0.2) is 5.90 Å². The topological polar surface area (TPSA) is 74.2 Å². The summed E-state index contributed by atoms with van der Waals surface area (Å²) >= 11 is 0. The number of nitrogens with zero attached hydrogens (tertiary/aromatic N) is 2. The van der Waals surface area contributed by atoms with Gasteiger partial charge in [-0.15, -0.1) is 0 Å². The third-order valence-corrected chi connectivity index (χ3v) is 3.40. The van der Waals surface area contributed by atoms with Crippen LogP contribution in [0.25, 0.3) is 0 Å². The van der Waals surface area contributed by atoms with Crippen molar-refractivity contribution in [2.45, 2.75) is 31.8 Å². The third-order valence-electron chi connectivity index (χ3n) is 3.40. The molecule has 1 heterocycles. The van der Waals surface area contributed by atoms with Crippen LogP contribution in [0.4, 0.5) is 0 Å². The maximum atomic E-state index is 5.08. The third kappa shape index (κ3) is 2.14. The smallest absolute Gasteiger partial charge is 0.254 e. The van der Waals surface area contributed by atoms with E-state index in [0.29, 0.717) is 11.8 Å². The van der Waals surface area contributed by atoms with Crippen molar-refractivity contribution in [3.05, 3.63) is 47.1 Å². The molecule has 5 heteroatoms. The average molecular weight is 245 g/mol. The lowest BCUT2D eigenvalue weighted by Gasteiger charge is -2.21. The maximum absolute atomic E-state index is 5.08. The summed E-state index contributed by atoms with van der Waals surface area (Å²) in [5.74, 6) is 6.51. The second-order valence-corrected chi connectivity index (χ2v) is 4.57. The van der Waals surface area contributed by atoms with E-state index in [2.05, 4.69) is 39.2 Å². The molecular formula is C13H15N3O2. The molecule has 5 nitrogen and oxygen atoms in total. The van der Waals surface area contributed by atoms with Gasteiger partial charge in [-0.05, 0) is 30.4 Å². The second kappa shape index (κ2) is 4.88. The van der Waals surface area contributed by atoms with Crippen molar-refractivity contribution >= 4 is 0 Å². The van der Waals surface area contributed by atoms with E-state index in [9.17, 15) is 0 Å². The minimum Gasteiger partial charge on any atom is -0.337 e. The molecule has 3 rings (SSSR count). The Morgan fingerprint density at radius 3 is 3.00 bits per heavy atom. The van der Waals surface area contributed by atoms with Crippen LogP contribution in [0.5, 0.6) is 0 Å². The Kier molecular flexibility index (Phi) is 3.08. The van der Waals surface area contributed by atoms with Crippen LogP contribution in [0.15, 0.2) is 28.8 Å². The van der Waals surface area contributed by atoms with Crippen LogP contribution in [-0.2, 0) is 24.3 Å². The van der Waals surface area contributed by atoms with Crippen molar-refractivity contribution in [1.82, 2.24) is 10.1 Å². The summed E-state index contributed by atoms with van der Waals surface area (Å²) in [6.45, 7) is 0.163. The largest absolute Gasteiger partial charge is 0.337 e. The number of aromatic nitrogens is 2. The minimum absolute atomic E-state index is 0.163. The summed E-state index contributed by atoms with van der Waals surface area (Å²) in [5, 5.41) is 4.01.